The zero-order valence-corrected chi connectivity index (χ0v) is 9.88. The Balaban J connectivity index is 2.42. The summed E-state index contributed by atoms with van der Waals surface area (Å²) in [6, 6.07) is 1.59. The lowest BCUT2D eigenvalue weighted by molar-refractivity contribution is -0.385. The average molecular weight is 280 g/mol. The van der Waals surface area contributed by atoms with Crippen molar-refractivity contribution in [3.63, 3.8) is 0 Å². The van der Waals surface area contributed by atoms with Crippen molar-refractivity contribution in [1.82, 2.24) is 10.2 Å². The molecule has 0 radical (unpaired) electrons. The van der Waals surface area contributed by atoms with Gasteiger partial charge in [-0.2, -0.15) is 5.10 Å². The highest BCUT2D eigenvalue weighted by molar-refractivity contribution is 6.07. The lowest BCUT2D eigenvalue weighted by Gasteiger charge is -2.07. The fourth-order valence-electron chi connectivity index (χ4n) is 1.52. The molecule has 0 fully saturated rings. The number of aromatic amines is 1. The highest BCUT2D eigenvalue weighted by Crippen LogP contribution is 2.26. The van der Waals surface area contributed by atoms with Gasteiger partial charge < -0.3 is 10.7 Å². The van der Waals surface area contributed by atoms with E-state index in [1.54, 1.807) is 0 Å². The standard InChI is InChI=1S/C10H9FN6O3/c11-7-2-9(17(19)20)6(1-8(7)16-12)10(18)15-5-3-13-14-4-5/h1-4,16H,12H2,(H,13,14)(H,15,18). The lowest BCUT2D eigenvalue weighted by Crippen LogP contribution is -2.16. The molecular weight excluding hydrogens is 271 g/mol. The van der Waals surface area contributed by atoms with Crippen LogP contribution in [0.15, 0.2) is 24.5 Å². The van der Waals surface area contributed by atoms with E-state index in [2.05, 4.69) is 15.5 Å². The van der Waals surface area contributed by atoms with E-state index in [9.17, 15) is 19.3 Å². The summed E-state index contributed by atoms with van der Waals surface area (Å²) in [5.41, 5.74) is 1.11. The predicted molar refractivity (Wildman–Crippen MR) is 67.4 cm³/mol. The van der Waals surface area contributed by atoms with Crippen molar-refractivity contribution in [2.45, 2.75) is 0 Å². The molecule has 5 N–H and O–H groups in total. The number of rotatable bonds is 4. The number of hydrogen-bond donors (Lipinski definition) is 4. The number of H-pyrrole nitrogens is 1. The van der Waals surface area contributed by atoms with Gasteiger partial charge in [-0.3, -0.25) is 25.9 Å². The lowest BCUT2D eigenvalue weighted by atomic mass is 10.1. The van der Waals surface area contributed by atoms with Gasteiger partial charge in [0.2, 0.25) is 0 Å². The number of halogens is 1. The third-order valence-electron chi connectivity index (χ3n) is 2.44. The van der Waals surface area contributed by atoms with Gasteiger partial charge in [0.05, 0.1) is 28.6 Å². The molecule has 0 aliphatic carbocycles. The van der Waals surface area contributed by atoms with Crippen molar-refractivity contribution in [3.05, 3.63) is 46.0 Å². The van der Waals surface area contributed by atoms with Crippen molar-refractivity contribution in [2.75, 3.05) is 10.7 Å². The molecule has 0 spiro atoms. The van der Waals surface area contributed by atoms with Crippen molar-refractivity contribution in [2.24, 2.45) is 5.84 Å². The first-order valence-corrected chi connectivity index (χ1v) is 5.27. The first-order valence-electron chi connectivity index (χ1n) is 5.27. The van der Waals surface area contributed by atoms with Gasteiger partial charge in [-0.05, 0) is 6.07 Å². The van der Waals surface area contributed by atoms with E-state index < -0.39 is 22.3 Å². The molecule has 0 saturated heterocycles. The summed E-state index contributed by atoms with van der Waals surface area (Å²) < 4.78 is 13.4. The maximum absolute atomic E-state index is 13.4. The van der Waals surface area contributed by atoms with Gasteiger partial charge in [-0.1, -0.05) is 0 Å². The van der Waals surface area contributed by atoms with E-state index in [1.807, 2.05) is 5.43 Å². The molecule has 2 rings (SSSR count). The summed E-state index contributed by atoms with van der Waals surface area (Å²) in [4.78, 5) is 22.0. The number of aromatic nitrogens is 2. The smallest absolute Gasteiger partial charge is 0.285 e. The molecule has 1 heterocycles. The highest BCUT2D eigenvalue weighted by Gasteiger charge is 2.23. The first kappa shape index (κ1) is 13.4. The number of carbonyl (C=O) groups is 1. The summed E-state index contributed by atoms with van der Waals surface area (Å²) in [6.07, 6.45) is 2.70. The topological polar surface area (TPSA) is 139 Å². The molecule has 0 saturated carbocycles. The molecule has 104 valence electrons. The van der Waals surface area contributed by atoms with Gasteiger partial charge in [0.15, 0.2) is 5.82 Å². The van der Waals surface area contributed by atoms with E-state index in [-0.39, 0.29) is 11.3 Å². The van der Waals surface area contributed by atoms with Crippen LogP contribution >= 0.6 is 0 Å². The van der Waals surface area contributed by atoms with E-state index in [4.69, 9.17) is 5.84 Å². The number of hydrogen-bond acceptors (Lipinski definition) is 6. The van der Waals surface area contributed by atoms with Gasteiger partial charge in [0, 0.05) is 6.20 Å². The van der Waals surface area contributed by atoms with Gasteiger partial charge >= 0.3 is 0 Å². The normalized spacial score (nSPS) is 10.1. The molecule has 1 aromatic heterocycles. The van der Waals surface area contributed by atoms with Crippen LogP contribution in [0.25, 0.3) is 0 Å². The molecule has 0 aliphatic rings. The van der Waals surface area contributed by atoms with E-state index in [1.165, 1.54) is 12.4 Å². The second kappa shape index (κ2) is 5.32. The van der Waals surface area contributed by atoms with Crippen LogP contribution in [0.3, 0.4) is 0 Å². The summed E-state index contributed by atoms with van der Waals surface area (Å²) in [7, 11) is 0. The van der Waals surface area contributed by atoms with Crippen LogP contribution in [0.2, 0.25) is 0 Å². The quantitative estimate of drug-likeness (QED) is 0.374. The maximum atomic E-state index is 13.4. The molecular formula is C10H9FN6O3. The van der Waals surface area contributed by atoms with Crippen molar-refractivity contribution >= 4 is 23.0 Å². The van der Waals surface area contributed by atoms with Crippen molar-refractivity contribution < 1.29 is 14.1 Å². The van der Waals surface area contributed by atoms with Crippen LogP contribution < -0.4 is 16.6 Å². The summed E-state index contributed by atoms with van der Waals surface area (Å²) >= 11 is 0. The van der Waals surface area contributed by atoms with Crippen LogP contribution in [0.4, 0.5) is 21.5 Å². The second-order valence-electron chi connectivity index (χ2n) is 3.69. The fourth-order valence-corrected chi connectivity index (χ4v) is 1.52. The van der Waals surface area contributed by atoms with Crippen LogP contribution in [0.1, 0.15) is 10.4 Å². The number of hydrazine groups is 1. The molecule has 10 heteroatoms. The Labute approximate surface area is 111 Å². The van der Waals surface area contributed by atoms with E-state index >= 15 is 0 Å². The van der Waals surface area contributed by atoms with Gasteiger partial charge in [-0.25, -0.2) is 4.39 Å². The summed E-state index contributed by atoms with van der Waals surface area (Å²) in [6.45, 7) is 0. The number of nitrogen functional groups attached to an aromatic ring is 1. The summed E-state index contributed by atoms with van der Waals surface area (Å²) in [5, 5.41) is 19.3. The van der Waals surface area contributed by atoms with Crippen LogP contribution in [-0.4, -0.2) is 21.0 Å². The Morgan fingerprint density at radius 2 is 2.25 bits per heavy atom. The van der Waals surface area contributed by atoms with Gasteiger partial charge in [-0.15, -0.1) is 0 Å². The summed E-state index contributed by atoms with van der Waals surface area (Å²) in [5.74, 6) is 3.36. The number of benzene rings is 1. The molecule has 0 atom stereocenters. The van der Waals surface area contributed by atoms with Crippen molar-refractivity contribution in [1.29, 1.82) is 0 Å². The fraction of sp³-hybridized carbons (Fsp3) is 0. The average Bonchev–Trinajstić information content (AvgIpc) is 2.90. The maximum Gasteiger partial charge on any atom is 0.285 e. The minimum absolute atomic E-state index is 0.229. The molecule has 1 aromatic carbocycles. The first-order chi connectivity index (χ1) is 9.52. The minimum Gasteiger partial charge on any atom is -0.321 e. The molecule has 0 aliphatic heterocycles. The zero-order chi connectivity index (χ0) is 14.7. The van der Waals surface area contributed by atoms with Gasteiger partial charge in [0.25, 0.3) is 11.6 Å². The van der Waals surface area contributed by atoms with Crippen molar-refractivity contribution in [3.8, 4) is 0 Å². The molecule has 0 bridgehead atoms. The highest BCUT2D eigenvalue weighted by atomic mass is 19.1. The predicted octanol–water partition coefficient (Wildman–Crippen LogP) is 0.995. The molecule has 2 aromatic rings. The number of nitrogens with two attached hydrogens (primary N) is 1. The van der Waals surface area contributed by atoms with E-state index in [0.717, 1.165) is 6.07 Å². The largest absolute Gasteiger partial charge is 0.321 e. The monoisotopic (exact) mass is 280 g/mol. The number of carbonyl (C=O) groups excluding carboxylic acids is 1. The molecule has 1 amide bonds. The number of amides is 1. The Morgan fingerprint density at radius 3 is 2.80 bits per heavy atom. The molecule has 20 heavy (non-hydrogen) atoms. The number of nitrogens with zero attached hydrogens (tertiary/aromatic N) is 2. The van der Waals surface area contributed by atoms with E-state index in [0.29, 0.717) is 11.8 Å². The second-order valence-corrected chi connectivity index (χ2v) is 3.69. The molecule has 0 unspecified atom stereocenters. The Morgan fingerprint density at radius 1 is 1.50 bits per heavy atom. The number of nitro benzene ring substituents is 1. The van der Waals surface area contributed by atoms with Crippen LogP contribution in [0.5, 0.6) is 0 Å². The zero-order valence-electron chi connectivity index (χ0n) is 9.88. The Bertz CT molecular complexity index is 657. The minimum atomic E-state index is -0.931. The third kappa shape index (κ3) is 2.54. The van der Waals surface area contributed by atoms with Crippen LogP contribution in [0, 0.1) is 15.9 Å². The number of anilines is 2. The SMILES string of the molecule is NNc1cc(C(=O)Nc2cn[nH]c2)c([N+](=O)[O-])cc1F. The Kier molecular flexibility index (Phi) is 3.57. The number of nitro groups is 1. The van der Waals surface area contributed by atoms with Crippen LogP contribution in [-0.2, 0) is 0 Å². The Hall–Kier alpha value is -3.01. The van der Waals surface area contributed by atoms with Gasteiger partial charge in [0.1, 0.15) is 5.56 Å². The third-order valence-corrected chi connectivity index (χ3v) is 2.44. The number of nitrogens with one attached hydrogen (secondary N) is 3. The molecule has 9 nitrogen and oxygen atoms in total.